The molecule has 10 heteroatoms. The van der Waals surface area contributed by atoms with E-state index in [0.717, 1.165) is 12.1 Å². The average molecular weight is 324 g/mol. The molecule has 1 N–H and O–H groups in total. The zero-order chi connectivity index (χ0) is 17.4. The van der Waals surface area contributed by atoms with Crippen LogP contribution < -0.4 is 5.43 Å². The predicted octanol–water partition coefficient (Wildman–Crippen LogP) is 2.63. The number of carbonyl (C=O) groups excluding carboxylic acids is 1. The smallest absolute Gasteiger partial charge is 0.306 e. The molecule has 0 unspecified atom stereocenters. The van der Waals surface area contributed by atoms with E-state index >= 15 is 0 Å². The summed E-state index contributed by atoms with van der Waals surface area (Å²) < 4.78 is 4.77. The third-order valence-electron chi connectivity index (χ3n) is 2.75. The van der Waals surface area contributed by atoms with E-state index in [1.807, 2.05) is 0 Å². The number of hydrazone groups is 1. The number of benzene rings is 1. The monoisotopic (exact) mass is 324 g/mol. The second-order valence-corrected chi connectivity index (χ2v) is 4.48. The van der Waals surface area contributed by atoms with Gasteiger partial charge in [0.25, 0.3) is 5.69 Å². The van der Waals surface area contributed by atoms with Crippen molar-refractivity contribution in [1.29, 1.82) is 0 Å². The molecule has 0 aliphatic rings. The van der Waals surface area contributed by atoms with Gasteiger partial charge in [-0.15, -0.1) is 0 Å². The normalized spacial score (nSPS) is 11.0. The maximum atomic E-state index is 11.2. The molecule has 0 aliphatic carbocycles. The minimum absolute atomic E-state index is 0.0242. The van der Waals surface area contributed by atoms with Crippen LogP contribution in [-0.2, 0) is 9.53 Å². The highest BCUT2D eigenvalue weighted by atomic mass is 16.6. The number of carbonyl (C=O) groups is 1. The number of ether oxygens (including phenoxy) is 1. The highest BCUT2D eigenvalue weighted by Crippen LogP contribution is 2.28. The van der Waals surface area contributed by atoms with Gasteiger partial charge >= 0.3 is 11.7 Å². The van der Waals surface area contributed by atoms with E-state index in [1.54, 1.807) is 13.8 Å². The first kappa shape index (κ1) is 18.0. The Morgan fingerprint density at radius 2 is 1.96 bits per heavy atom. The molecule has 124 valence electrons. The van der Waals surface area contributed by atoms with Crippen molar-refractivity contribution in [1.82, 2.24) is 0 Å². The van der Waals surface area contributed by atoms with Crippen LogP contribution in [0.1, 0.15) is 26.7 Å². The molecule has 0 bridgehead atoms. The SMILES string of the molecule is CCOC(=O)CC/C(C)=N/Nc1ccc([N+](=O)[O-])cc1[N+](=O)[O-]. The van der Waals surface area contributed by atoms with E-state index in [9.17, 15) is 25.0 Å². The van der Waals surface area contributed by atoms with Crippen molar-refractivity contribution in [2.45, 2.75) is 26.7 Å². The van der Waals surface area contributed by atoms with Crippen molar-refractivity contribution in [2.75, 3.05) is 12.0 Å². The van der Waals surface area contributed by atoms with Crippen LogP contribution in [0.3, 0.4) is 0 Å². The van der Waals surface area contributed by atoms with E-state index in [-0.39, 0.29) is 23.8 Å². The summed E-state index contributed by atoms with van der Waals surface area (Å²) in [6, 6.07) is 3.20. The Kier molecular flexibility index (Phi) is 6.59. The first-order chi connectivity index (χ1) is 10.8. The summed E-state index contributed by atoms with van der Waals surface area (Å²) in [5.74, 6) is -0.358. The van der Waals surface area contributed by atoms with Crippen LogP contribution >= 0.6 is 0 Å². The van der Waals surface area contributed by atoms with E-state index in [2.05, 4.69) is 10.5 Å². The Morgan fingerprint density at radius 1 is 1.26 bits per heavy atom. The van der Waals surface area contributed by atoms with Crippen LogP contribution in [0.15, 0.2) is 23.3 Å². The van der Waals surface area contributed by atoms with Gasteiger partial charge in [0.05, 0.1) is 28.9 Å². The lowest BCUT2D eigenvalue weighted by molar-refractivity contribution is -0.393. The van der Waals surface area contributed by atoms with Crippen molar-refractivity contribution < 1.29 is 19.4 Å². The molecule has 10 nitrogen and oxygen atoms in total. The molecule has 0 aliphatic heterocycles. The minimum Gasteiger partial charge on any atom is -0.466 e. The van der Waals surface area contributed by atoms with Crippen LogP contribution in [0.2, 0.25) is 0 Å². The Balaban J connectivity index is 2.80. The van der Waals surface area contributed by atoms with E-state index in [4.69, 9.17) is 4.74 Å². The number of nitrogens with zero attached hydrogens (tertiary/aromatic N) is 3. The van der Waals surface area contributed by atoms with Crippen LogP contribution in [0.5, 0.6) is 0 Å². The van der Waals surface area contributed by atoms with Crippen molar-refractivity contribution in [3.63, 3.8) is 0 Å². The molecule has 0 spiro atoms. The van der Waals surface area contributed by atoms with Gasteiger partial charge in [0.1, 0.15) is 5.69 Å². The Bertz CT molecular complexity index is 643. The summed E-state index contributed by atoms with van der Waals surface area (Å²) in [6.07, 6.45) is 0.472. The minimum atomic E-state index is -0.737. The molecule has 0 radical (unpaired) electrons. The summed E-state index contributed by atoms with van der Waals surface area (Å²) >= 11 is 0. The second kappa shape index (κ2) is 8.41. The molecule has 23 heavy (non-hydrogen) atoms. The van der Waals surface area contributed by atoms with Gasteiger partial charge in [0, 0.05) is 11.8 Å². The van der Waals surface area contributed by atoms with Gasteiger partial charge in [-0.05, 0) is 26.3 Å². The topological polar surface area (TPSA) is 137 Å². The Labute approximate surface area is 131 Å². The lowest BCUT2D eigenvalue weighted by Gasteiger charge is -2.04. The van der Waals surface area contributed by atoms with Gasteiger partial charge < -0.3 is 4.74 Å². The number of nitro benzene ring substituents is 2. The summed E-state index contributed by atoms with van der Waals surface area (Å²) in [5, 5.41) is 25.5. The van der Waals surface area contributed by atoms with Gasteiger partial charge in [0.15, 0.2) is 0 Å². The largest absolute Gasteiger partial charge is 0.466 e. The molecule has 0 saturated carbocycles. The highest BCUT2D eigenvalue weighted by molar-refractivity contribution is 5.86. The third-order valence-corrected chi connectivity index (χ3v) is 2.75. The highest BCUT2D eigenvalue weighted by Gasteiger charge is 2.19. The number of nitrogens with one attached hydrogen (secondary N) is 1. The molecule has 0 atom stereocenters. The van der Waals surface area contributed by atoms with Crippen molar-refractivity contribution in [3.05, 3.63) is 38.4 Å². The lowest BCUT2D eigenvalue weighted by Crippen LogP contribution is -2.07. The van der Waals surface area contributed by atoms with E-state index < -0.39 is 15.5 Å². The fourth-order valence-electron chi connectivity index (χ4n) is 1.61. The van der Waals surface area contributed by atoms with Crippen LogP contribution in [0.4, 0.5) is 17.1 Å². The van der Waals surface area contributed by atoms with Crippen LogP contribution in [0.25, 0.3) is 0 Å². The number of rotatable bonds is 8. The fraction of sp³-hybridized carbons (Fsp3) is 0.385. The number of hydrogen-bond acceptors (Lipinski definition) is 8. The first-order valence-electron chi connectivity index (χ1n) is 6.72. The standard InChI is InChI=1S/C13H16N4O6/c1-3-23-13(18)7-4-9(2)14-15-11-6-5-10(16(19)20)8-12(11)17(21)22/h5-6,8,15H,3-4,7H2,1-2H3/b14-9+. The number of esters is 1. The predicted molar refractivity (Wildman–Crippen MR) is 82.3 cm³/mol. The van der Waals surface area contributed by atoms with Gasteiger partial charge in [-0.3, -0.25) is 30.4 Å². The lowest BCUT2D eigenvalue weighted by atomic mass is 10.2. The Morgan fingerprint density at radius 3 is 2.52 bits per heavy atom. The van der Waals surface area contributed by atoms with Gasteiger partial charge in [0.2, 0.25) is 0 Å². The fourth-order valence-corrected chi connectivity index (χ4v) is 1.61. The van der Waals surface area contributed by atoms with E-state index in [1.165, 1.54) is 6.07 Å². The molecular formula is C13H16N4O6. The molecule has 0 heterocycles. The summed E-state index contributed by atoms with van der Waals surface area (Å²) in [7, 11) is 0. The molecule has 1 aromatic carbocycles. The van der Waals surface area contributed by atoms with Crippen molar-refractivity contribution in [2.24, 2.45) is 5.10 Å². The maximum absolute atomic E-state index is 11.2. The molecule has 0 amide bonds. The number of non-ortho nitro benzene ring substituents is 1. The summed E-state index contributed by atoms with van der Waals surface area (Å²) in [4.78, 5) is 31.4. The zero-order valence-electron chi connectivity index (χ0n) is 12.6. The second-order valence-electron chi connectivity index (χ2n) is 4.48. The van der Waals surface area contributed by atoms with Gasteiger partial charge in [-0.1, -0.05) is 0 Å². The number of nitro groups is 2. The first-order valence-corrected chi connectivity index (χ1v) is 6.72. The molecule has 0 aromatic heterocycles. The third kappa shape index (κ3) is 5.69. The molecular weight excluding hydrogens is 308 g/mol. The van der Waals surface area contributed by atoms with Crippen LogP contribution in [0, 0.1) is 20.2 Å². The maximum Gasteiger partial charge on any atom is 0.306 e. The van der Waals surface area contributed by atoms with Gasteiger partial charge in [-0.2, -0.15) is 5.10 Å². The molecule has 0 fully saturated rings. The van der Waals surface area contributed by atoms with Crippen molar-refractivity contribution >= 4 is 28.7 Å². The molecule has 1 rings (SSSR count). The number of anilines is 1. The Hall–Kier alpha value is -3.04. The number of hydrogen-bond donors (Lipinski definition) is 1. The summed E-state index contributed by atoms with van der Waals surface area (Å²) in [5.41, 5.74) is 2.20. The van der Waals surface area contributed by atoms with Crippen molar-refractivity contribution in [3.8, 4) is 0 Å². The zero-order valence-corrected chi connectivity index (χ0v) is 12.6. The van der Waals surface area contributed by atoms with E-state index in [0.29, 0.717) is 18.7 Å². The molecule has 0 saturated heterocycles. The molecule has 1 aromatic rings. The quantitative estimate of drug-likeness (QED) is 0.336. The van der Waals surface area contributed by atoms with Gasteiger partial charge in [-0.25, -0.2) is 0 Å². The average Bonchev–Trinajstić information content (AvgIpc) is 2.50. The van der Waals surface area contributed by atoms with Crippen LogP contribution in [-0.4, -0.2) is 28.1 Å². The summed E-state index contributed by atoms with van der Waals surface area (Å²) in [6.45, 7) is 3.64.